The lowest BCUT2D eigenvalue weighted by Gasteiger charge is -2.02. The number of aromatic nitrogens is 1. The van der Waals surface area contributed by atoms with Gasteiger partial charge in [0.1, 0.15) is 0 Å². The first-order chi connectivity index (χ1) is 8.06. The van der Waals surface area contributed by atoms with Crippen molar-refractivity contribution in [3.63, 3.8) is 0 Å². The van der Waals surface area contributed by atoms with E-state index in [1.165, 1.54) is 0 Å². The Bertz CT molecular complexity index is 568. The molecule has 1 heterocycles. The third kappa shape index (κ3) is 2.98. The summed E-state index contributed by atoms with van der Waals surface area (Å²) in [6.07, 6.45) is 0. The largest absolute Gasteiger partial charge is 0.338 e. The van der Waals surface area contributed by atoms with Gasteiger partial charge in [0.15, 0.2) is 0 Å². The SMILES string of the molecule is Cc1cc(NC(=O)c2ccc(I)c(Cl)c2)on1. The number of nitrogens with zero attached hydrogens (tertiary/aromatic N) is 1. The van der Waals surface area contributed by atoms with Gasteiger partial charge in [0.2, 0.25) is 5.88 Å². The summed E-state index contributed by atoms with van der Waals surface area (Å²) in [5.41, 5.74) is 1.19. The van der Waals surface area contributed by atoms with Crippen molar-refractivity contribution < 1.29 is 9.32 Å². The number of nitrogens with one attached hydrogen (secondary N) is 1. The van der Waals surface area contributed by atoms with Gasteiger partial charge >= 0.3 is 0 Å². The van der Waals surface area contributed by atoms with Crippen LogP contribution in [0.1, 0.15) is 16.1 Å². The fraction of sp³-hybridized carbons (Fsp3) is 0.0909. The number of benzene rings is 1. The van der Waals surface area contributed by atoms with Gasteiger partial charge in [-0.05, 0) is 47.7 Å². The van der Waals surface area contributed by atoms with Crippen LogP contribution < -0.4 is 5.32 Å². The Hall–Kier alpha value is -1.08. The van der Waals surface area contributed by atoms with E-state index in [2.05, 4.69) is 33.1 Å². The van der Waals surface area contributed by atoms with E-state index in [4.69, 9.17) is 16.1 Å². The Morgan fingerprint density at radius 2 is 2.24 bits per heavy atom. The molecule has 0 aliphatic rings. The number of anilines is 1. The van der Waals surface area contributed by atoms with Crippen molar-refractivity contribution in [3.05, 3.63) is 44.1 Å². The van der Waals surface area contributed by atoms with Gasteiger partial charge < -0.3 is 4.52 Å². The van der Waals surface area contributed by atoms with Gasteiger partial charge in [-0.1, -0.05) is 16.8 Å². The van der Waals surface area contributed by atoms with Crippen molar-refractivity contribution in [1.82, 2.24) is 5.16 Å². The van der Waals surface area contributed by atoms with Gasteiger partial charge in [-0.15, -0.1) is 0 Å². The maximum absolute atomic E-state index is 11.8. The Labute approximate surface area is 116 Å². The molecule has 6 heteroatoms. The summed E-state index contributed by atoms with van der Waals surface area (Å²) in [5, 5.41) is 6.82. The maximum Gasteiger partial charge on any atom is 0.258 e. The molecule has 0 fully saturated rings. The Balaban J connectivity index is 2.17. The van der Waals surface area contributed by atoms with E-state index in [0.717, 1.165) is 3.57 Å². The minimum Gasteiger partial charge on any atom is -0.338 e. The highest BCUT2D eigenvalue weighted by molar-refractivity contribution is 14.1. The molecule has 2 rings (SSSR count). The van der Waals surface area contributed by atoms with Crippen LogP contribution in [0, 0.1) is 10.5 Å². The second-order valence-corrected chi connectivity index (χ2v) is 4.98. The number of carbonyl (C=O) groups excluding carboxylic acids is 1. The summed E-state index contributed by atoms with van der Waals surface area (Å²) in [4.78, 5) is 11.8. The average Bonchev–Trinajstić information content (AvgIpc) is 2.68. The van der Waals surface area contributed by atoms with Crippen LogP contribution >= 0.6 is 34.2 Å². The molecule has 88 valence electrons. The third-order valence-corrected chi connectivity index (χ3v) is 3.62. The van der Waals surface area contributed by atoms with Crippen molar-refractivity contribution in [2.45, 2.75) is 6.92 Å². The lowest BCUT2D eigenvalue weighted by Crippen LogP contribution is -2.11. The molecule has 0 atom stereocenters. The first kappa shape index (κ1) is 12.4. The van der Waals surface area contributed by atoms with Gasteiger partial charge in [0.05, 0.1) is 10.7 Å². The Morgan fingerprint density at radius 1 is 1.47 bits per heavy atom. The highest BCUT2D eigenvalue weighted by Crippen LogP contribution is 2.20. The Morgan fingerprint density at radius 3 is 2.82 bits per heavy atom. The zero-order valence-electron chi connectivity index (χ0n) is 8.83. The summed E-state index contributed by atoms with van der Waals surface area (Å²) in [6.45, 7) is 1.78. The molecule has 0 saturated carbocycles. The summed E-state index contributed by atoms with van der Waals surface area (Å²) in [5.74, 6) is 0.0432. The monoisotopic (exact) mass is 362 g/mol. The molecule has 0 aliphatic carbocycles. The molecule has 0 aliphatic heterocycles. The molecule has 0 unspecified atom stereocenters. The Kier molecular flexibility index (Phi) is 3.68. The summed E-state index contributed by atoms with van der Waals surface area (Å²) in [7, 11) is 0. The number of amides is 1. The van der Waals surface area contributed by atoms with Crippen molar-refractivity contribution in [3.8, 4) is 0 Å². The summed E-state index contributed by atoms with van der Waals surface area (Å²) in [6, 6.07) is 6.74. The normalized spacial score (nSPS) is 10.3. The molecular weight excluding hydrogens is 354 g/mol. The van der Waals surface area contributed by atoms with Crippen LogP contribution in [0.2, 0.25) is 5.02 Å². The molecule has 1 aromatic heterocycles. The van der Waals surface area contributed by atoms with E-state index in [1.54, 1.807) is 31.2 Å². The molecule has 17 heavy (non-hydrogen) atoms. The van der Waals surface area contributed by atoms with Crippen molar-refractivity contribution >= 4 is 46.0 Å². The van der Waals surface area contributed by atoms with Gasteiger partial charge in [-0.25, -0.2) is 0 Å². The average molecular weight is 363 g/mol. The first-order valence-electron chi connectivity index (χ1n) is 4.76. The lowest BCUT2D eigenvalue weighted by atomic mass is 10.2. The predicted molar refractivity (Wildman–Crippen MR) is 73.4 cm³/mol. The summed E-state index contributed by atoms with van der Waals surface area (Å²) < 4.78 is 5.79. The standard InChI is InChI=1S/C11H8ClIN2O2/c1-6-4-10(17-15-6)14-11(16)7-2-3-9(13)8(12)5-7/h2-5H,1H3,(H,14,16). The van der Waals surface area contributed by atoms with Gasteiger partial charge in [0, 0.05) is 15.2 Å². The number of rotatable bonds is 2. The molecule has 2 aromatic rings. The van der Waals surface area contributed by atoms with Crippen LogP contribution in [0.25, 0.3) is 0 Å². The van der Waals surface area contributed by atoms with Crippen LogP contribution in [-0.2, 0) is 0 Å². The van der Waals surface area contributed by atoms with E-state index >= 15 is 0 Å². The second-order valence-electron chi connectivity index (χ2n) is 3.42. The second kappa shape index (κ2) is 5.05. The van der Waals surface area contributed by atoms with Gasteiger partial charge in [-0.2, -0.15) is 0 Å². The fourth-order valence-electron chi connectivity index (χ4n) is 1.24. The zero-order valence-corrected chi connectivity index (χ0v) is 11.7. The molecule has 1 amide bonds. The fourth-order valence-corrected chi connectivity index (χ4v) is 1.76. The molecule has 0 bridgehead atoms. The number of aryl methyl sites for hydroxylation is 1. The van der Waals surface area contributed by atoms with E-state index in [9.17, 15) is 4.79 Å². The molecule has 0 spiro atoms. The molecule has 1 N–H and O–H groups in total. The van der Waals surface area contributed by atoms with E-state index in [-0.39, 0.29) is 5.91 Å². The minimum absolute atomic E-state index is 0.278. The van der Waals surface area contributed by atoms with Crippen molar-refractivity contribution in [2.75, 3.05) is 5.32 Å². The van der Waals surface area contributed by atoms with Crippen LogP contribution in [0.3, 0.4) is 0 Å². The number of hydrogen-bond donors (Lipinski definition) is 1. The molecule has 0 radical (unpaired) electrons. The molecule has 4 nitrogen and oxygen atoms in total. The van der Waals surface area contributed by atoms with Crippen LogP contribution in [0.15, 0.2) is 28.8 Å². The quantitative estimate of drug-likeness (QED) is 0.832. The highest BCUT2D eigenvalue weighted by atomic mass is 127. The molecule has 0 saturated heterocycles. The number of halogens is 2. The zero-order chi connectivity index (χ0) is 12.4. The van der Waals surface area contributed by atoms with Crippen molar-refractivity contribution in [1.29, 1.82) is 0 Å². The van der Waals surface area contributed by atoms with Crippen LogP contribution in [0.4, 0.5) is 5.88 Å². The van der Waals surface area contributed by atoms with E-state index < -0.39 is 0 Å². The lowest BCUT2D eigenvalue weighted by molar-refractivity contribution is 0.102. The smallest absolute Gasteiger partial charge is 0.258 e. The van der Waals surface area contributed by atoms with Gasteiger partial charge in [-0.3, -0.25) is 10.1 Å². The predicted octanol–water partition coefficient (Wildman–Crippen LogP) is 3.49. The maximum atomic E-state index is 11.8. The minimum atomic E-state index is -0.278. The molecule has 1 aromatic carbocycles. The van der Waals surface area contributed by atoms with Gasteiger partial charge in [0.25, 0.3) is 5.91 Å². The highest BCUT2D eigenvalue weighted by Gasteiger charge is 2.10. The van der Waals surface area contributed by atoms with E-state index in [0.29, 0.717) is 22.2 Å². The number of hydrogen-bond acceptors (Lipinski definition) is 3. The van der Waals surface area contributed by atoms with Crippen LogP contribution in [-0.4, -0.2) is 11.1 Å². The topological polar surface area (TPSA) is 55.1 Å². The van der Waals surface area contributed by atoms with Crippen molar-refractivity contribution in [2.24, 2.45) is 0 Å². The number of carbonyl (C=O) groups is 1. The molecular formula is C11H8ClIN2O2. The van der Waals surface area contributed by atoms with E-state index in [1.807, 2.05) is 0 Å². The summed E-state index contributed by atoms with van der Waals surface area (Å²) >= 11 is 8.04. The third-order valence-electron chi connectivity index (χ3n) is 2.05. The first-order valence-corrected chi connectivity index (χ1v) is 6.21. The van der Waals surface area contributed by atoms with Crippen LogP contribution in [0.5, 0.6) is 0 Å².